The van der Waals surface area contributed by atoms with Gasteiger partial charge >= 0.3 is 0 Å². The molecule has 4 rings (SSSR count). The Bertz CT molecular complexity index is 1330. The van der Waals surface area contributed by atoms with Gasteiger partial charge in [0.15, 0.2) is 0 Å². The van der Waals surface area contributed by atoms with E-state index in [2.05, 4.69) is 0 Å². The van der Waals surface area contributed by atoms with Crippen molar-refractivity contribution < 1.29 is 28.9 Å². The number of aliphatic hydroxyl groups excluding tert-OH is 1. The van der Waals surface area contributed by atoms with Crippen LogP contribution in [0.1, 0.15) is 31.0 Å². The van der Waals surface area contributed by atoms with E-state index < -0.39 is 17.7 Å². The number of aliphatic hydroxyl groups is 1. The number of ketones is 1. The summed E-state index contributed by atoms with van der Waals surface area (Å²) in [6, 6.07) is 17.6. The predicted molar refractivity (Wildman–Crippen MR) is 138 cm³/mol. The zero-order valence-corrected chi connectivity index (χ0v) is 21.1. The second-order valence-electron chi connectivity index (χ2n) is 8.42. The highest BCUT2D eigenvalue weighted by atomic mass is 35.5. The van der Waals surface area contributed by atoms with E-state index in [0.717, 1.165) is 0 Å². The number of hydrogen-bond donors (Lipinski definition) is 1. The Labute approximate surface area is 214 Å². The monoisotopic (exact) mass is 507 g/mol. The largest absolute Gasteiger partial charge is 0.507 e. The Hall–Kier alpha value is -3.97. The minimum absolute atomic E-state index is 0.0185. The van der Waals surface area contributed by atoms with Crippen molar-refractivity contribution in [2.24, 2.45) is 0 Å². The van der Waals surface area contributed by atoms with E-state index >= 15 is 0 Å². The number of carbonyl (C=O) groups is 2. The number of benzene rings is 3. The molecule has 1 amide bonds. The maximum Gasteiger partial charge on any atom is 0.300 e. The summed E-state index contributed by atoms with van der Waals surface area (Å²) in [4.78, 5) is 28.1. The molecule has 1 N–H and O–H groups in total. The fourth-order valence-corrected chi connectivity index (χ4v) is 4.47. The number of halogens is 1. The molecule has 1 heterocycles. The lowest BCUT2D eigenvalue weighted by molar-refractivity contribution is -0.132. The lowest BCUT2D eigenvalue weighted by atomic mass is 9.94. The zero-order chi connectivity index (χ0) is 26.0. The van der Waals surface area contributed by atoms with Gasteiger partial charge in [-0.15, -0.1) is 0 Å². The van der Waals surface area contributed by atoms with Crippen molar-refractivity contribution in [1.82, 2.24) is 0 Å². The van der Waals surface area contributed by atoms with E-state index in [0.29, 0.717) is 28.5 Å². The van der Waals surface area contributed by atoms with Crippen LogP contribution in [0, 0.1) is 0 Å². The smallest absolute Gasteiger partial charge is 0.300 e. The van der Waals surface area contributed by atoms with Crippen LogP contribution in [0.25, 0.3) is 5.76 Å². The van der Waals surface area contributed by atoms with Gasteiger partial charge < -0.3 is 19.3 Å². The van der Waals surface area contributed by atoms with E-state index in [-0.39, 0.29) is 28.0 Å². The number of methoxy groups -OCH3 is 2. The molecule has 0 aliphatic carbocycles. The van der Waals surface area contributed by atoms with Crippen LogP contribution in [-0.2, 0) is 9.59 Å². The first kappa shape index (κ1) is 25.1. The lowest BCUT2D eigenvalue weighted by Crippen LogP contribution is -2.29. The fraction of sp³-hybridized carbons (Fsp3) is 0.214. The Morgan fingerprint density at radius 3 is 2.22 bits per heavy atom. The Balaban J connectivity index is 1.91. The van der Waals surface area contributed by atoms with Gasteiger partial charge in [0.2, 0.25) is 0 Å². The van der Waals surface area contributed by atoms with Gasteiger partial charge in [0.25, 0.3) is 11.7 Å². The number of nitrogens with zero attached hydrogens (tertiary/aromatic N) is 1. The molecule has 1 saturated heterocycles. The third-order valence-electron chi connectivity index (χ3n) is 5.79. The van der Waals surface area contributed by atoms with Gasteiger partial charge in [0.1, 0.15) is 23.0 Å². The maximum absolute atomic E-state index is 13.4. The molecule has 0 spiro atoms. The number of hydrogen-bond acceptors (Lipinski definition) is 6. The van der Waals surface area contributed by atoms with Gasteiger partial charge in [0.05, 0.1) is 37.0 Å². The number of Topliss-reactive ketones (excluding diaryl/α,β-unsaturated/α-hetero) is 1. The summed E-state index contributed by atoms with van der Waals surface area (Å²) in [5.41, 5.74) is 1.21. The molecule has 1 aliphatic heterocycles. The third-order valence-corrected chi connectivity index (χ3v) is 6.09. The van der Waals surface area contributed by atoms with Crippen LogP contribution < -0.4 is 19.1 Å². The molecule has 8 heteroatoms. The normalized spacial score (nSPS) is 16.9. The minimum atomic E-state index is -0.945. The van der Waals surface area contributed by atoms with Crippen LogP contribution in [0.2, 0.25) is 5.02 Å². The molecule has 0 aromatic heterocycles. The van der Waals surface area contributed by atoms with Crippen molar-refractivity contribution in [1.29, 1.82) is 0 Å². The number of rotatable bonds is 7. The van der Waals surface area contributed by atoms with Gasteiger partial charge in [-0.1, -0.05) is 29.8 Å². The molecule has 1 unspecified atom stereocenters. The van der Waals surface area contributed by atoms with Crippen LogP contribution in [0.4, 0.5) is 5.69 Å². The van der Waals surface area contributed by atoms with E-state index in [1.165, 1.54) is 25.2 Å². The van der Waals surface area contributed by atoms with Crippen LogP contribution in [0.15, 0.2) is 72.3 Å². The van der Waals surface area contributed by atoms with Crippen molar-refractivity contribution >= 4 is 34.7 Å². The van der Waals surface area contributed by atoms with Gasteiger partial charge in [-0.3, -0.25) is 14.5 Å². The Morgan fingerprint density at radius 1 is 0.944 bits per heavy atom. The van der Waals surface area contributed by atoms with Gasteiger partial charge in [-0.2, -0.15) is 0 Å². The molecular formula is C28H26ClNO6. The molecule has 3 aromatic rings. The summed E-state index contributed by atoms with van der Waals surface area (Å²) in [5, 5.41) is 11.6. The van der Waals surface area contributed by atoms with Gasteiger partial charge in [-0.05, 0) is 62.4 Å². The maximum atomic E-state index is 13.4. The standard InChI is InChI=1S/C28H26ClNO6/c1-16(2)36-19-12-10-18(11-13-19)30-25(20-7-5-6-8-22(20)34-3)24(27(32)28(30)33)26(31)17-9-14-23(35-4)21(29)15-17/h5-16,25,31H,1-4H3/b26-24+. The second kappa shape index (κ2) is 10.3. The molecule has 3 aromatic carbocycles. The van der Waals surface area contributed by atoms with Crippen LogP contribution >= 0.6 is 11.6 Å². The highest BCUT2D eigenvalue weighted by Crippen LogP contribution is 2.45. The first-order valence-corrected chi connectivity index (χ1v) is 11.7. The average molecular weight is 508 g/mol. The second-order valence-corrected chi connectivity index (χ2v) is 8.83. The quantitative estimate of drug-likeness (QED) is 0.248. The molecule has 7 nitrogen and oxygen atoms in total. The highest BCUT2D eigenvalue weighted by molar-refractivity contribution is 6.51. The molecule has 1 atom stereocenters. The number of amides is 1. The predicted octanol–water partition coefficient (Wildman–Crippen LogP) is 5.77. The molecule has 36 heavy (non-hydrogen) atoms. The minimum Gasteiger partial charge on any atom is -0.507 e. The van der Waals surface area contributed by atoms with Crippen LogP contribution in [0.5, 0.6) is 17.2 Å². The lowest BCUT2D eigenvalue weighted by Gasteiger charge is -2.27. The number of carbonyl (C=O) groups excluding carboxylic acids is 2. The summed E-state index contributed by atoms with van der Waals surface area (Å²) in [6.45, 7) is 3.83. The van der Waals surface area contributed by atoms with E-state index in [1.54, 1.807) is 60.7 Å². The van der Waals surface area contributed by atoms with Crippen molar-refractivity contribution in [3.05, 3.63) is 88.5 Å². The SMILES string of the molecule is COc1ccc(/C(O)=C2\C(=O)C(=O)N(c3ccc(OC(C)C)cc3)C2c2ccccc2OC)cc1Cl. The molecule has 1 aliphatic rings. The third kappa shape index (κ3) is 4.62. The fourth-order valence-electron chi connectivity index (χ4n) is 4.21. The Morgan fingerprint density at radius 2 is 1.61 bits per heavy atom. The zero-order valence-electron chi connectivity index (χ0n) is 20.3. The van der Waals surface area contributed by atoms with Gasteiger partial charge in [-0.25, -0.2) is 0 Å². The summed E-state index contributed by atoms with van der Waals surface area (Å²) < 4.78 is 16.4. The average Bonchev–Trinajstić information content (AvgIpc) is 3.13. The molecule has 186 valence electrons. The highest BCUT2D eigenvalue weighted by Gasteiger charge is 2.48. The Kier molecular flexibility index (Phi) is 7.22. The van der Waals surface area contributed by atoms with Crippen LogP contribution in [0.3, 0.4) is 0 Å². The van der Waals surface area contributed by atoms with Crippen molar-refractivity contribution in [3.8, 4) is 17.2 Å². The molecule has 1 fully saturated rings. The summed E-state index contributed by atoms with van der Waals surface area (Å²) in [6.07, 6.45) is -0.0185. The summed E-state index contributed by atoms with van der Waals surface area (Å²) in [7, 11) is 2.98. The van der Waals surface area contributed by atoms with Crippen molar-refractivity contribution in [2.75, 3.05) is 19.1 Å². The molecule has 0 saturated carbocycles. The van der Waals surface area contributed by atoms with Gasteiger partial charge in [0, 0.05) is 16.8 Å². The van der Waals surface area contributed by atoms with Crippen LogP contribution in [-0.4, -0.2) is 37.1 Å². The summed E-state index contributed by atoms with van der Waals surface area (Å²) in [5.74, 6) is -0.433. The molecule has 0 bridgehead atoms. The number of anilines is 1. The van der Waals surface area contributed by atoms with Crippen molar-refractivity contribution in [3.63, 3.8) is 0 Å². The summed E-state index contributed by atoms with van der Waals surface area (Å²) >= 11 is 6.27. The topological polar surface area (TPSA) is 85.3 Å². The first-order chi connectivity index (χ1) is 17.3. The molecular weight excluding hydrogens is 482 g/mol. The van der Waals surface area contributed by atoms with E-state index in [1.807, 2.05) is 13.8 Å². The van der Waals surface area contributed by atoms with E-state index in [9.17, 15) is 14.7 Å². The first-order valence-electron chi connectivity index (χ1n) is 11.3. The number of para-hydroxylation sites is 1. The van der Waals surface area contributed by atoms with E-state index in [4.69, 9.17) is 25.8 Å². The number of ether oxygens (including phenoxy) is 3. The molecule has 0 radical (unpaired) electrons. The van der Waals surface area contributed by atoms with Crippen molar-refractivity contribution in [2.45, 2.75) is 26.0 Å².